The summed E-state index contributed by atoms with van der Waals surface area (Å²) in [5, 5.41) is 4.98. The van der Waals surface area contributed by atoms with Crippen molar-refractivity contribution < 1.29 is 4.79 Å². The van der Waals surface area contributed by atoms with E-state index in [9.17, 15) is 4.79 Å². The molecular formula is C10H9IN4O. The summed E-state index contributed by atoms with van der Waals surface area (Å²) < 4.78 is 4.10. The molecule has 1 aliphatic rings. The van der Waals surface area contributed by atoms with Crippen molar-refractivity contribution in [3.8, 4) is 0 Å². The molecule has 2 rings (SSSR count). The van der Waals surface area contributed by atoms with Crippen LogP contribution in [0.3, 0.4) is 0 Å². The van der Waals surface area contributed by atoms with E-state index < -0.39 is 0 Å². The van der Waals surface area contributed by atoms with Crippen LogP contribution in [0, 0.1) is 5.53 Å². The summed E-state index contributed by atoms with van der Waals surface area (Å²) in [4.78, 5) is 10.7. The monoisotopic (exact) mass is 328 g/mol. The van der Waals surface area contributed by atoms with Crippen LogP contribution in [-0.4, -0.2) is 17.1 Å². The summed E-state index contributed by atoms with van der Waals surface area (Å²) in [6.07, 6.45) is 0.814. The molecule has 82 valence electrons. The summed E-state index contributed by atoms with van der Waals surface area (Å²) in [6, 6.07) is 5.35. The summed E-state index contributed by atoms with van der Waals surface area (Å²) in [7, 11) is 0. The van der Waals surface area contributed by atoms with Gasteiger partial charge in [-0.3, -0.25) is 4.79 Å². The van der Waals surface area contributed by atoms with E-state index in [4.69, 9.17) is 5.53 Å². The average Bonchev–Trinajstić information content (AvgIpc) is 2.60. The van der Waals surface area contributed by atoms with Gasteiger partial charge in [0.1, 0.15) is 6.29 Å². The maximum atomic E-state index is 10.7. The van der Waals surface area contributed by atoms with Crippen LogP contribution in [0.5, 0.6) is 0 Å². The van der Waals surface area contributed by atoms with Gasteiger partial charge in [-0.15, -0.1) is 0 Å². The molecule has 5 nitrogen and oxygen atoms in total. The van der Waals surface area contributed by atoms with Gasteiger partial charge in [0.15, 0.2) is 5.84 Å². The van der Waals surface area contributed by atoms with Gasteiger partial charge in [-0.2, -0.15) is 8.74 Å². The second kappa shape index (κ2) is 4.28. The van der Waals surface area contributed by atoms with Gasteiger partial charge >= 0.3 is 0 Å². The number of aldehydes is 1. The number of nitrogens with one attached hydrogen (secondary N) is 1. The zero-order chi connectivity index (χ0) is 11.7. The van der Waals surface area contributed by atoms with Crippen LogP contribution in [0.1, 0.15) is 34.5 Å². The number of carbonyl (C=O) groups is 1. The average molecular weight is 328 g/mol. The fourth-order valence-corrected chi connectivity index (χ4v) is 2.34. The molecule has 16 heavy (non-hydrogen) atoms. The van der Waals surface area contributed by atoms with Crippen molar-refractivity contribution in [1.29, 1.82) is 5.53 Å². The van der Waals surface area contributed by atoms with Crippen molar-refractivity contribution >= 4 is 35.0 Å². The van der Waals surface area contributed by atoms with Crippen LogP contribution in [0.4, 0.5) is 0 Å². The molecule has 1 aliphatic heterocycles. The second-order valence-corrected chi connectivity index (χ2v) is 3.98. The molecular weight excluding hydrogens is 319 g/mol. The number of rotatable bonds is 2. The lowest BCUT2D eigenvalue weighted by molar-refractivity contribution is 0.112. The van der Waals surface area contributed by atoms with Crippen LogP contribution in [-0.2, 0) is 0 Å². The van der Waals surface area contributed by atoms with Gasteiger partial charge < -0.3 is 0 Å². The predicted molar refractivity (Wildman–Crippen MR) is 67.8 cm³/mol. The smallest absolute Gasteiger partial charge is 0.164 e. The Bertz CT molecular complexity index is 486. The van der Waals surface area contributed by atoms with Crippen molar-refractivity contribution in [3.05, 3.63) is 34.9 Å². The number of hydrogen-bond acceptors (Lipinski definition) is 4. The van der Waals surface area contributed by atoms with Crippen LogP contribution in [0.2, 0.25) is 0 Å². The largest absolute Gasteiger partial charge is 0.298 e. The molecule has 1 unspecified atom stereocenters. The van der Waals surface area contributed by atoms with E-state index in [1.54, 1.807) is 6.07 Å². The first-order chi connectivity index (χ1) is 7.72. The van der Waals surface area contributed by atoms with E-state index in [1.165, 1.54) is 5.01 Å². The highest BCUT2D eigenvalue weighted by molar-refractivity contribution is 14.1. The molecule has 6 heteroatoms. The van der Waals surface area contributed by atoms with E-state index in [2.05, 4.69) is 8.43 Å². The Morgan fingerprint density at radius 3 is 2.88 bits per heavy atom. The Kier molecular flexibility index (Phi) is 2.99. The van der Waals surface area contributed by atoms with Crippen molar-refractivity contribution in [2.75, 3.05) is 0 Å². The molecule has 0 aromatic heterocycles. The SMILES string of the molecule is CC1c2cc(C=O)ccc2/C(=N\I)N1N=N. The Morgan fingerprint density at radius 2 is 2.31 bits per heavy atom. The fourth-order valence-electron chi connectivity index (χ4n) is 1.86. The molecule has 0 amide bonds. The summed E-state index contributed by atoms with van der Waals surface area (Å²) in [5.41, 5.74) is 9.68. The minimum absolute atomic E-state index is 0.0547. The normalized spacial score (nSPS) is 21.0. The standard InChI is InChI=1S/C10H9IN4O/c1-6-9-4-7(5-16)2-3-8(9)10(13-11)15(6)14-12/h2-6,12H,1H3/b13-10+,14-12?. The summed E-state index contributed by atoms with van der Waals surface area (Å²) in [5.74, 6) is 0.663. The van der Waals surface area contributed by atoms with E-state index >= 15 is 0 Å². The molecule has 1 N–H and O–H groups in total. The number of carbonyl (C=O) groups excluding carboxylic acids is 1. The maximum Gasteiger partial charge on any atom is 0.164 e. The first kappa shape index (κ1) is 11.2. The molecule has 0 aliphatic carbocycles. The minimum atomic E-state index is -0.0547. The number of nitrogens with zero attached hydrogens (tertiary/aromatic N) is 3. The Morgan fingerprint density at radius 1 is 1.56 bits per heavy atom. The molecule has 1 heterocycles. The zero-order valence-corrected chi connectivity index (χ0v) is 10.7. The predicted octanol–water partition coefficient (Wildman–Crippen LogP) is 2.92. The number of benzene rings is 1. The highest BCUT2D eigenvalue weighted by atomic mass is 127. The van der Waals surface area contributed by atoms with Gasteiger partial charge in [0.2, 0.25) is 0 Å². The molecule has 1 atom stereocenters. The van der Waals surface area contributed by atoms with E-state index in [0.29, 0.717) is 11.4 Å². The maximum absolute atomic E-state index is 10.7. The van der Waals surface area contributed by atoms with Gasteiger partial charge in [-0.05, 0) is 18.6 Å². The molecule has 0 bridgehead atoms. The molecule has 0 saturated carbocycles. The number of fused-ring (bicyclic) bond motifs is 1. The first-order valence-corrected chi connectivity index (χ1v) is 5.64. The quantitative estimate of drug-likeness (QED) is 0.515. The molecule has 0 spiro atoms. The van der Waals surface area contributed by atoms with Crippen molar-refractivity contribution in [3.63, 3.8) is 0 Å². The third kappa shape index (κ3) is 1.53. The lowest BCUT2D eigenvalue weighted by Gasteiger charge is -2.14. The van der Waals surface area contributed by atoms with Crippen molar-refractivity contribution in [2.45, 2.75) is 13.0 Å². The van der Waals surface area contributed by atoms with Crippen LogP contribution < -0.4 is 0 Å². The van der Waals surface area contributed by atoms with E-state index in [0.717, 1.165) is 17.4 Å². The molecule has 0 fully saturated rings. The lowest BCUT2D eigenvalue weighted by atomic mass is 10.0. The highest BCUT2D eigenvalue weighted by Gasteiger charge is 2.32. The van der Waals surface area contributed by atoms with Crippen LogP contribution >= 0.6 is 22.9 Å². The van der Waals surface area contributed by atoms with Gasteiger partial charge in [0.25, 0.3) is 0 Å². The van der Waals surface area contributed by atoms with E-state index in [1.807, 2.05) is 41.9 Å². The van der Waals surface area contributed by atoms with Gasteiger partial charge in [-0.1, -0.05) is 17.4 Å². The highest BCUT2D eigenvalue weighted by Crippen LogP contribution is 2.34. The van der Waals surface area contributed by atoms with Crippen molar-refractivity contribution in [2.24, 2.45) is 8.43 Å². The molecule has 0 radical (unpaired) electrons. The summed E-state index contributed by atoms with van der Waals surface area (Å²) >= 11 is 1.89. The molecule has 0 saturated heterocycles. The van der Waals surface area contributed by atoms with E-state index in [-0.39, 0.29) is 6.04 Å². The second-order valence-electron chi connectivity index (χ2n) is 3.49. The topological polar surface area (TPSA) is 68.9 Å². The Hall–Kier alpha value is -1.31. The Labute approximate surface area is 107 Å². The molecule has 1 aromatic rings. The van der Waals surface area contributed by atoms with Crippen LogP contribution in [0.15, 0.2) is 26.6 Å². The Balaban J connectivity index is 2.61. The lowest BCUT2D eigenvalue weighted by Crippen LogP contribution is -2.19. The van der Waals surface area contributed by atoms with Gasteiger partial charge in [0.05, 0.1) is 28.9 Å². The third-order valence-electron chi connectivity index (χ3n) is 2.67. The third-order valence-corrected chi connectivity index (χ3v) is 3.13. The fraction of sp³-hybridized carbons (Fsp3) is 0.200. The van der Waals surface area contributed by atoms with Crippen LogP contribution in [0.25, 0.3) is 0 Å². The van der Waals surface area contributed by atoms with Gasteiger partial charge in [0, 0.05) is 11.1 Å². The summed E-state index contributed by atoms with van der Waals surface area (Å²) in [6.45, 7) is 1.93. The van der Waals surface area contributed by atoms with Gasteiger partial charge in [-0.25, -0.2) is 5.01 Å². The number of hydrogen-bond donors (Lipinski definition) is 1. The number of amidine groups is 1. The minimum Gasteiger partial charge on any atom is -0.298 e. The number of halogens is 1. The zero-order valence-electron chi connectivity index (χ0n) is 8.51. The first-order valence-electron chi connectivity index (χ1n) is 4.68. The molecule has 1 aromatic carbocycles. The van der Waals surface area contributed by atoms with Crippen molar-refractivity contribution in [1.82, 2.24) is 5.01 Å².